The summed E-state index contributed by atoms with van der Waals surface area (Å²) in [6.07, 6.45) is 24.0. The van der Waals surface area contributed by atoms with Gasteiger partial charge in [0.2, 0.25) is 0 Å². The summed E-state index contributed by atoms with van der Waals surface area (Å²) in [4.78, 5) is 2.62. The molecule has 2 rings (SSSR count). The molecular formula is C32H49N. The first-order valence-corrected chi connectivity index (χ1v) is 13.8. The highest BCUT2D eigenvalue weighted by Crippen LogP contribution is 2.14. The van der Waals surface area contributed by atoms with E-state index < -0.39 is 0 Å². The number of allylic oxidation sites excluding steroid dienone is 2. The van der Waals surface area contributed by atoms with Crippen molar-refractivity contribution < 1.29 is 0 Å². The second-order valence-corrected chi connectivity index (χ2v) is 9.62. The van der Waals surface area contributed by atoms with Crippen molar-refractivity contribution in [2.75, 3.05) is 6.54 Å². The molecule has 0 spiro atoms. The van der Waals surface area contributed by atoms with Gasteiger partial charge in [-0.2, -0.15) is 0 Å². The third-order valence-corrected chi connectivity index (χ3v) is 6.47. The van der Waals surface area contributed by atoms with Crippen LogP contribution in [0.5, 0.6) is 0 Å². The van der Waals surface area contributed by atoms with Gasteiger partial charge in [-0.25, -0.2) is 0 Å². The second-order valence-electron chi connectivity index (χ2n) is 9.62. The van der Waals surface area contributed by atoms with E-state index in [1.165, 1.54) is 108 Å². The summed E-state index contributed by atoms with van der Waals surface area (Å²) in [6, 6.07) is 21.8. The van der Waals surface area contributed by atoms with Gasteiger partial charge in [0, 0.05) is 13.1 Å². The van der Waals surface area contributed by atoms with Crippen LogP contribution in [0.4, 0.5) is 0 Å². The Morgan fingerprint density at radius 2 is 0.939 bits per heavy atom. The Bertz CT molecular complexity index is 649. The Labute approximate surface area is 205 Å². The van der Waals surface area contributed by atoms with E-state index in [1.54, 1.807) is 0 Å². The molecule has 0 amide bonds. The molecular weight excluding hydrogens is 398 g/mol. The molecule has 0 heterocycles. The molecule has 0 aliphatic rings. The Morgan fingerprint density at radius 3 is 1.42 bits per heavy atom. The third-order valence-electron chi connectivity index (χ3n) is 6.47. The number of unbranched alkanes of at least 4 members (excludes halogenated alkanes) is 12. The number of benzene rings is 2. The van der Waals surface area contributed by atoms with Gasteiger partial charge in [-0.05, 0) is 43.4 Å². The lowest BCUT2D eigenvalue weighted by Gasteiger charge is -2.22. The van der Waals surface area contributed by atoms with Crippen molar-refractivity contribution in [3.05, 3.63) is 83.9 Å². The van der Waals surface area contributed by atoms with E-state index in [1.807, 2.05) is 0 Å². The van der Waals surface area contributed by atoms with Crippen molar-refractivity contribution in [3.8, 4) is 0 Å². The monoisotopic (exact) mass is 447 g/mol. The van der Waals surface area contributed by atoms with E-state index in [9.17, 15) is 0 Å². The van der Waals surface area contributed by atoms with Gasteiger partial charge in [-0.3, -0.25) is 4.90 Å². The van der Waals surface area contributed by atoms with Crippen molar-refractivity contribution in [1.29, 1.82) is 0 Å². The van der Waals surface area contributed by atoms with Crippen molar-refractivity contribution >= 4 is 0 Å². The standard InChI is InChI=1S/C32H49N/c1-2-3-4-5-6-7-8-9-10-11-12-13-14-15-16-23-28-33(29-31-24-19-17-20-25-31)30-32-26-21-18-22-27-32/h4-5,17-22,24-27H,2-3,6-16,23,28-30H2,1H3/b5-4+. The van der Waals surface area contributed by atoms with Crippen LogP contribution < -0.4 is 0 Å². The van der Waals surface area contributed by atoms with Crippen LogP contribution >= 0.6 is 0 Å². The lowest BCUT2D eigenvalue weighted by molar-refractivity contribution is 0.250. The normalized spacial score (nSPS) is 11.6. The highest BCUT2D eigenvalue weighted by atomic mass is 15.1. The molecule has 0 aliphatic carbocycles. The molecule has 2 aromatic rings. The molecule has 0 saturated carbocycles. The van der Waals surface area contributed by atoms with Gasteiger partial charge in [0.1, 0.15) is 0 Å². The van der Waals surface area contributed by atoms with Crippen LogP contribution in [0.15, 0.2) is 72.8 Å². The number of nitrogens with zero attached hydrogens (tertiary/aromatic N) is 1. The quantitative estimate of drug-likeness (QED) is 0.144. The summed E-state index contributed by atoms with van der Waals surface area (Å²) >= 11 is 0. The Kier molecular flexibility index (Phi) is 16.3. The van der Waals surface area contributed by atoms with Crippen LogP contribution in [-0.4, -0.2) is 11.4 Å². The molecule has 33 heavy (non-hydrogen) atoms. The number of rotatable bonds is 20. The van der Waals surface area contributed by atoms with E-state index in [0.29, 0.717) is 0 Å². The van der Waals surface area contributed by atoms with E-state index in [-0.39, 0.29) is 0 Å². The third kappa shape index (κ3) is 14.8. The zero-order valence-corrected chi connectivity index (χ0v) is 21.4. The zero-order chi connectivity index (χ0) is 23.2. The highest BCUT2D eigenvalue weighted by molar-refractivity contribution is 5.17. The molecule has 182 valence electrons. The van der Waals surface area contributed by atoms with Crippen molar-refractivity contribution in [1.82, 2.24) is 4.90 Å². The summed E-state index contributed by atoms with van der Waals surface area (Å²) in [5.74, 6) is 0. The van der Waals surface area contributed by atoms with Crippen molar-refractivity contribution in [2.24, 2.45) is 0 Å². The summed E-state index contributed by atoms with van der Waals surface area (Å²) in [5.41, 5.74) is 2.84. The zero-order valence-electron chi connectivity index (χ0n) is 21.4. The average Bonchev–Trinajstić information content (AvgIpc) is 2.85. The van der Waals surface area contributed by atoms with Gasteiger partial charge in [0.05, 0.1) is 0 Å². The molecule has 0 N–H and O–H groups in total. The SMILES string of the molecule is CCC/C=C/CCCCCCCCCCCCCN(Cc1ccccc1)Cc1ccccc1. The lowest BCUT2D eigenvalue weighted by atomic mass is 10.0. The van der Waals surface area contributed by atoms with E-state index >= 15 is 0 Å². The lowest BCUT2D eigenvalue weighted by Crippen LogP contribution is -2.24. The maximum Gasteiger partial charge on any atom is 0.0237 e. The fourth-order valence-corrected chi connectivity index (χ4v) is 4.49. The average molecular weight is 448 g/mol. The molecule has 0 atom stereocenters. The summed E-state index contributed by atoms with van der Waals surface area (Å²) in [5, 5.41) is 0. The van der Waals surface area contributed by atoms with E-state index in [4.69, 9.17) is 0 Å². The Hall–Kier alpha value is -1.86. The van der Waals surface area contributed by atoms with Gasteiger partial charge in [0.25, 0.3) is 0 Å². The van der Waals surface area contributed by atoms with Gasteiger partial charge < -0.3 is 0 Å². The highest BCUT2D eigenvalue weighted by Gasteiger charge is 2.07. The van der Waals surface area contributed by atoms with Crippen LogP contribution in [0.25, 0.3) is 0 Å². The maximum atomic E-state index is 2.62. The van der Waals surface area contributed by atoms with Crippen molar-refractivity contribution in [3.63, 3.8) is 0 Å². The van der Waals surface area contributed by atoms with E-state index in [0.717, 1.165) is 13.1 Å². The first-order chi connectivity index (χ1) is 16.4. The van der Waals surface area contributed by atoms with Crippen LogP contribution in [0.2, 0.25) is 0 Å². The Balaban J connectivity index is 1.48. The van der Waals surface area contributed by atoms with Gasteiger partial charge in [0.15, 0.2) is 0 Å². The van der Waals surface area contributed by atoms with E-state index in [2.05, 4.69) is 84.6 Å². The summed E-state index contributed by atoms with van der Waals surface area (Å²) < 4.78 is 0. The fourth-order valence-electron chi connectivity index (χ4n) is 4.49. The molecule has 1 heteroatoms. The minimum Gasteiger partial charge on any atom is -0.295 e. The first kappa shape index (κ1) is 27.4. The van der Waals surface area contributed by atoms with Gasteiger partial charge >= 0.3 is 0 Å². The predicted molar refractivity (Wildman–Crippen MR) is 146 cm³/mol. The molecule has 0 saturated heterocycles. The Morgan fingerprint density at radius 1 is 0.515 bits per heavy atom. The molecule has 0 radical (unpaired) electrons. The minimum atomic E-state index is 1.05. The van der Waals surface area contributed by atoms with Crippen LogP contribution in [0.1, 0.15) is 108 Å². The smallest absolute Gasteiger partial charge is 0.0237 e. The topological polar surface area (TPSA) is 3.24 Å². The maximum absolute atomic E-state index is 2.62. The molecule has 0 bridgehead atoms. The first-order valence-electron chi connectivity index (χ1n) is 13.8. The number of hydrogen-bond donors (Lipinski definition) is 0. The van der Waals surface area contributed by atoms with Crippen LogP contribution in [0, 0.1) is 0 Å². The molecule has 0 aromatic heterocycles. The van der Waals surface area contributed by atoms with Crippen LogP contribution in [-0.2, 0) is 13.1 Å². The second kappa shape index (κ2) is 19.6. The van der Waals surface area contributed by atoms with Gasteiger partial charge in [-0.15, -0.1) is 0 Å². The summed E-state index contributed by atoms with van der Waals surface area (Å²) in [7, 11) is 0. The molecule has 0 aliphatic heterocycles. The summed E-state index contributed by atoms with van der Waals surface area (Å²) in [6.45, 7) is 5.53. The molecule has 2 aromatic carbocycles. The largest absolute Gasteiger partial charge is 0.295 e. The minimum absolute atomic E-state index is 1.05. The predicted octanol–water partition coefficient (Wildman–Crippen LogP) is 9.73. The molecule has 0 unspecified atom stereocenters. The molecule has 0 fully saturated rings. The van der Waals surface area contributed by atoms with Crippen molar-refractivity contribution in [2.45, 2.75) is 110 Å². The number of hydrogen-bond acceptors (Lipinski definition) is 1. The van der Waals surface area contributed by atoms with Crippen LogP contribution in [0.3, 0.4) is 0 Å². The molecule has 1 nitrogen and oxygen atoms in total. The van der Waals surface area contributed by atoms with Gasteiger partial charge in [-0.1, -0.05) is 144 Å². The fraction of sp³-hybridized carbons (Fsp3) is 0.562.